The molecule has 2 aliphatic heterocycles. The predicted octanol–water partition coefficient (Wildman–Crippen LogP) is 5.12. The van der Waals surface area contributed by atoms with Crippen molar-refractivity contribution in [3.05, 3.63) is 77.7 Å². The fourth-order valence-electron chi connectivity index (χ4n) is 8.20. The van der Waals surface area contributed by atoms with Crippen LogP contribution in [0.4, 0.5) is 0 Å². The number of aromatic nitrogens is 1. The molecule has 5 heteroatoms. The minimum absolute atomic E-state index is 0.0515. The van der Waals surface area contributed by atoms with E-state index in [0.717, 1.165) is 25.7 Å². The normalized spacial score (nSPS) is 38.9. The van der Waals surface area contributed by atoms with Gasteiger partial charge in [-0.25, -0.2) is 0 Å². The van der Waals surface area contributed by atoms with Crippen LogP contribution in [0, 0.1) is 11.3 Å². The summed E-state index contributed by atoms with van der Waals surface area (Å²) in [5.41, 5.74) is 9.02. The second-order valence-electron chi connectivity index (χ2n) is 11.5. The van der Waals surface area contributed by atoms with E-state index in [-0.39, 0.29) is 29.3 Å². The van der Waals surface area contributed by atoms with E-state index in [0.29, 0.717) is 11.8 Å². The molecule has 2 N–H and O–H groups in total. The molecule has 180 valence electrons. The molecule has 35 heavy (non-hydrogen) atoms. The Morgan fingerprint density at radius 1 is 1.20 bits per heavy atom. The summed E-state index contributed by atoms with van der Waals surface area (Å²) in [6, 6.07) is 9.03. The number of nitrogens with zero attached hydrogens (tertiary/aromatic N) is 1. The third-order valence-corrected chi connectivity index (χ3v) is 9.79. The maximum atomic E-state index is 11.3. The number of nitrogens with two attached hydrogens (primary N) is 1. The van der Waals surface area contributed by atoms with E-state index in [1.165, 1.54) is 40.3 Å². The van der Waals surface area contributed by atoms with E-state index in [1.54, 1.807) is 0 Å². The quantitative estimate of drug-likeness (QED) is 0.676. The summed E-state index contributed by atoms with van der Waals surface area (Å²) in [5, 5.41) is 2.47. The first-order valence-corrected chi connectivity index (χ1v) is 13.0. The summed E-state index contributed by atoms with van der Waals surface area (Å²) in [7, 11) is 0. The number of hydrogen-bond donors (Lipinski definition) is 1. The maximum absolute atomic E-state index is 11.3. The molecule has 6 atom stereocenters. The highest BCUT2D eigenvalue weighted by Gasteiger charge is 2.66. The molecular weight excluding hydrogens is 436 g/mol. The highest BCUT2D eigenvalue weighted by molar-refractivity contribution is 5.82. The van der Waals surface area contributed by atoms with E-state index < -0.39 is 5.91 Å². The minimum atomic E-state index is -0.431. The molecule has 0 radical (unpaired) electrons. The molecule has 5 nitrogen and oxygen atoms in total. The van der Waals surface area contributed by atoms with Crippen LogP contribution in [0.3, 0.4) is 0 Å². The molecule has 2 spiro atoms. The lowest BCUT2D eigenvalue weighted by Gasteiger charge is -2.53. The first kappa shape index (κ1) is 21.5. The number of ether oxygens (including phenoxy) is 2. The number of hydrogen-bond acceptors (Lipinski definition) is 4. The van der Waals surface area contributed by atoms with Gasteiger partial charge in [-0.15, -0.1) is 0 Å². The molecule has 0 unspecified atom stereocenters. The second-order valence-corrected chi connectivity index (χ2v) is 11.5. The van der Waals surface area contributed by atoms with E-state index in [9.17, 15) is 4.79 Å². The molecule has 2 fully saturated rings. The number of allylic oxidation sites excluding steroid dienone is 1. The largest absolute Gasteiger partial charge is 0.368 e. The zero-order chi connectivity index (χ0) is 23.8. The van der Waals surface area contributed by atoms with Crippen molar-refractivity contribution in [3.8, 4) is 0 Å². The molecule has 1 aromatic carbocycles. The first-order valence-electron chi connectivity index (χ1n) is 13.0. The molecule has 1 aromatic heterocycles. The number of primary amides is 1. The van der Waals surface area contributed by atoms with Crippen molar-refractivity contribution in [3.63, 3.8) is 0 Å². The lowest BCUT2D eigenvalue weighted by atomic mass is 9.58. The van der Waals surface area contributed by atoms with Crippen molar-refractivity contribution in [2.75, 3.05) is 6.61 Å². The number of benzene rings is 1. The Morgan fingerprint density at radius 3 is 3.00 bits per heavy atom. The van der Waals surface area contributed by atoms with Crippen molar-refractivity contribution in [1.82, 2.24) is 4.98 Å². The summed E-state index contributed by atoms with van der Waals surface area (Å²) in [5.74, 6) is 0.560. The van der Waals surface area contributed by atoms with Gasteiger partial charge in [-0.3, -0.25) is 9.78 Å². The van der Waals surface area contributed by atoms with Gasteiger partial charge in [0.25, 0.3) is 0 Å². The fraction of sp³-hybridized carbons (Fsp3) is 0.467. The third kappa shape index (κ3) is 3.01. The van der Waals surface area contributed by atoms with Gasteiger partial charge in [-0.05, 0) is 83.6 Å². The molecule has 1 saturated heterocycles. The lowest BCUT2D eigenvalue weighted by molar-refractivity contribution is -0.141. The Bertz CT molecular complexity index is 1330. The van der Waals surface area contributed by atoms with Gasteiger partial charge in [-0.2, -0.15) is 0 Å². The smallest absolute Gasteiger partial charge is 0.243 e. The Morgan fingerprint density at radius 2 is 2.11 bits per heavy atom. The van der Waals surface area contributed by atoms with Crippen LogP contribution in [0.15, 0.2) is 72.1 Å². The van der Waals surface area contributed by atoms with Crippen LogP contribution in [0.2, 0.25) is 0 Å². The number of amides is 1. The van der Waals surface area contributed by atoms with Crippen LogP contribution in [0.25, 0.3) is 10.8 Å². The maximum Gasteiger partial charge on any atom is 0.243 e. The van der Waals surface area contributed by atoms with E-state index in [2.05, 4.69) is 60.5 Å². The second kappa shape index (κ2) is 7.37. The number of carbonyl (C=O) groups excluding carboxylic acids is 1. The standard InChI is InChI=1S/C30H32N2O3/c1-28-10-8-23-15-22-4-5-24(34-18-27(31)33)16-29(22)11-12-30(23,35-29)26(28)7-6-25(28)20-3-2-19-9-13-32-17-21(19)14-20/h2-5,8-9,13-15,17,24-26H,6-7,10-12,16,18H2,1H3,(H2,31,33)/t24-,25-,26-,28-,29-,30-/m1/s1. The van der Waals surface area contributed by atoms with E-state index >= 15 is 0 Å². The first-order chi connectivity index (χ1) is 16.9. The monoisotopic (exact) mass is 468 g/mol. The Balaban J connectivity index is 1.23. The van der Waals surface area contributed by atoms with Gasteiger partial charge in [0, 0.05) is 24.2 Å². The summed E-state index contributed by atoms with van der Waals surface area (Å²) in [4.78, 5) is 15.6. The van der Waals surface area contributed by atoms with Gasteiger partial charge >= 0.3 is 0 Å². The fourth-order valence-corrected chi connectivity index (χ4v) is 8.20. The number of fused-ring (bicyclic) bond motifs is 2. The molecule has 1 amide bonds. The zero-order valence-electron chi connectivity index (χ0n) is 20.2. The van der Waals surface area contributed by atoms with E-state index in [1.807, 2.05) is 12.4 Å². The summed E-state index contributed by atoms with van der Waals surface area (Å²) in [6.45, 7) is 2.45. The van der Waals surface area contributed by atoms with Crippen LogP contribution in [0.1, 0.15) is 56.9 Å². The van der Waals surface area contributed by atoms with Crippen LogP contribution in [-0.4, -0.2) is 34.8 Å². The van der Waals surface area contributed by atoms with Gasteiger partial charge in [-0.1, -0.05) is 43.4 Å². The van der Waals surface area contributed by atoms with Crippen LogP contribution < -0.4 is 5.73 Å². The van der Waals surface area contributed by atoms with Crippen molar-refractivity contribution >= 4 is 16.7 Å². The van der Waals surface area contributed by atoms with Crippen molar-refractivity contribution in [1.29, 1.82) is 0 Å². The number of carbonyl (C=O) groups is 1. The molecule has 2 bridgehead atoms. The number of pyridine rings is 1. The van der Waals surface area contributed by atoms with Gasteiger partial charge in [0.2, 0.25) is 5.91 Å². The Hall–Kier alpha value is -2.76. The van der Waals surface area contributed by atoms with E-state index in [4.69, 9.17) is 15.2 Å². The molecular formula is C30H32N2O3. The summed E-state index contributed by atoms with van der Waals surface area (Å²) >= 11 is 0. The van der Waals surface area contributed by atoms with Gasteiger partial charge in [0.1, 0.15) is 6.61 Å². The van der Waals surface area contributed by atoms with Crippen LogP contribution in [-0.2, 0) is 14.3 Å². The van der Waals surface area contributed by atoms with Gasteiger partial charge < -0.3 is 15.2 Å². The van der Waals surface area contributed by atoms with Crippen molar-refractivity contribution in [2.24, 2.45) is 17.1 Å². The van der Waals surface area contributed by atoms with Crippen LogP contribution >= 0.6 is 0 Å². The predicted molar refractivity (Wildman–Crippen MR) is 135 cm³/mol. The topological polar surface area (TPSA) is 74.4 Å². The highest BCUT2D eigenvalue weighted by atomic mass is 16.5. The molecule has 3 aliphatic carbocycles. The average molecular weight is 469 g/mol. The average Bonchev–Trinajstić information content (AvgIpc) is 3.37. The molecule has 1 saturated carbocycles. The Kier molecular flexibility index (Phi) is 4.53. The third-order valence-electron chi connectivity index (χ3n) is 9.79. The zero-order valence-corrected chi connectivity index (χ0v) is 20.2. The molecule has 5 aliphatic rings. The Labute approximate surface area is 206 Å². The van der Waals surface area contributed by atoms with Gasteiger partial charge in [0.15, 0.2) is 0 Å². The summed E-state index contributed by atoms with van der Waals surface area (Å²) < 4.78 is 13.1. The summed E-state index contributed by atoms with van der Waals surface area (Å²) in [6.07, 6.45) is 19.0. The lowest BCUT2D eigenvalue weighted by Crippen LogP contribution is -2.53. The molecule has 2 aromatic rings. The van der Waals surface area contributed by atoms with Crippen molar-refractivity contribution < 1.29 is 14.3 Å². The van der Waals surface area contributed by atoms with Crippen molar-refractivity contribution in [2.45, 2.75) is 68.7 Å². The van der Waals surface area contributed by atoms with Gasteiger partial charge in [0.05, 0.1) is 17.3 Å². The number of rotatable bonds is 4. The minimum Gasteiger partial charge on any atom is -0.368 e. The molecule has 3 heterocycles. The SMILES string of the molecule is C[C@]12CC=C3C=C4C=C[C@@H](OCC(N)=O)C[C@]45CC[C@]3(O5)[C@@H]1CC[C@@H]2c1ccc2ccncc2c1. The van der Waals surface area contributed by atoms with Crippen LogP contribution in [0.5, 0.6) is 0 Å². The highest BCUT2D eigenvalue weighted by Crippen LogP contribution is 2.69. The molecule has 7 rings (SSSR count).